The fourth-order valence-electron chi connectivity index (χ4n) is 1.23. The molecular weight excluding hydrogens is 224 g/mol. The largest absolute Gasteiger partial charge is 0.315 e. The summed E-state index contributed by atoms with van der Waals surface area (Å²) in [5.41, 5.74) is 1.10. The van der Waals surface area contributed by atoms with E-state index in [1.54, 1.807) is 12.4 Å². The highest BCUT2D eigenvalue weighted by atomic mass is 32.1. The molecule has 1 N–H and O–H groups in total. The molecule has 0 aliphatic heterocycles. The number of hydrogen-bond donors (Lipinski definition) is 1. The maximum absolute atomic E-state index is 11.5. The number of carbonyl (C=O) groups excluding carboxylic acids is 1. The number of rotatable bonds is 4. The molecule has 6 heteroatoms. The minimum atomic E-state index is -0.0251. The Bertz CT molecular complexity index is 443. The van der Waals surface area contributed by atoms with Gasteiger partial charge in [0, 0.05) is 30.3 Å². The standard InChI is InChI=1S/C10H10N4OS/c15-9(13-10-7-12-14-16-10)2-1-8-3-5-11-6-4-8/h3-7H,1-2H2,(H,13,15). The van der Waals surface area contributed by atoms with Crippen molar-refractivity contribution >= 4 is 22.4 Å². The van der Waals surface area contributed by atoms with Crippen molar-refractivity contribution < 1.29 is 4.79 Å². The molecular formula is C10H10N4OS. The van der Waals surface area contributed by atoms with Crippen molar-refractivity contribution in [2.45, 2.75) is 12.8 Å². The van der Waals surface area contributed by atoms with Crippen LogP contribution in [-0.2, 0) is 11.2 Å². The van der Waals surface area contributed by atoms with Crippen molar-refractivity contribution in [2.24, 2.45) is 0 Å². The fourth-order valence-corrected chi connectivity index (χ4v) is 1.67. The molecule has 0 radical (unpaired) electrons. The van der Waals surface area contributed by atoms with Gasteiger partial charge in [0.15, 0.2) is 0 Å². The Morgan fingerprint density at radius 1 is 1.38 bits per heavy atom. The molecule has 0 aromatic carbocycles. The van der Waals surface area contributed by atoms with Crippen LogP contribution in [0.5, 0.6) is 0 Å². The molecule has 2 rings (SSSR count). The summed E-state index contributed by atoms with van der Waals surface area (Å²) in [5.74, 6) is -0.0251. The molecule has 0 fully saturated rings. The molecule has 0 bridgehead atoms. The summed E-state index contributed by atoms with van der Waals surface area (Å²) in [5, 5.41) is 7.05. The van der Waals surface area contributed by atoms with Crippen LogP contribution in [-0.4, -0.2) is 20.5 Å². The quantitative estimate of drug-likeness (QED) is 0.870. The number of anilines is 1. The Labute approximate surface area is 96.7 Å². The molecule has 2 heterocycles. The van der Waals surface area contributed by atoms with Crippen molar-refractivity contribution in [3.8, 4) is 0 Å². The molecule has 0 saturated carbocycles. The maximum atomic E-state index is 11.5. The fraction of sp³-hybridized carbons (Fsp3) is 0.200. The third kappa shape index (κ3) is 3.09. The summed E-state index contributed by atoms with van der Waals surface area (Å²) < 4.78 is 3.66. The van der Waals surface area contributed by atoms with Crippen LogP contribution in [0.25, 0.3) is 0 Å². The molecule has 0 aliphatic rings. The molecule has 0 atom stereocenters. The Balaban J connectivity index is 1.80. The van der Waals surface area contributed by atoms with Gasteiger partial charge in [-0.1, -0.05) is 4.49 Å². The number of carbonyl (C=O) groups is 1. The zero-order valence-corrected chi connectivity index (χ0v) is 9.28. The zero-order chi connectivity index (χ0) is 11.2. The van der Waals surface area contributed by atoms with Gasteiger partial charge < -0.3 is 5.32 Å². The van der Waals surface area contributed by atoms with Crippen LogP contribution in [0.4, 0.5) is 5.00 Å². The Kier molecular flexibility index (Phi) is 3.55. The zero-order valence-electron chi connectivity index (χ0n) is 8.46. The van der Waals surface area contributed by atoms with E-state index in [1.165, 1.54) is 17.7 Å². The van der Waals surface area contributed by atoms with E-state index in [9.17, 15) is 4.79 Å². The van der Waals surface area contributed by atoms with Gasteiger partial charge in [-0.2, -0.15) is 0 Å². The van der Waals surface area contributed by atoms with Crippen LogP contribution in [0.1, 0.15) is 12.0 Å². The van der Waals surface area contributed by atoms with E-state index >= 15 is 0 Å². The van der Waals surface area contributed by atoms with Crippen LogP contribution in [0.3, 0.4) is 0 Å². The van der Waals surface area contributed by atoms with E-state index in [1.807, 2.05) is 12.1 Å². The first-order chi connectivity index (χ1) is 7.84. The van der Waals surface area contributed by atoms with Gasteiger partial charge in [0.05, 0.1) is 6.20 Å². The second-order valence-corrected chi connectivity index (χ2v) is 3.97. The molecule has 0 saturated heterocycles. The van der Waals surface area contributed by atoms with E-state index < -0.39 is 0 Å². The van der Waals surface area contributed by atoms with Crippen molar-refractivity contribution in [1.29, 1.82) is 0 Å². The van der Waals surface area contributed by atoms with Crippen LogP contribution in [0.2, 0.25) is 0 Å². The van der Waals surface area contributed by atoms with Crippen LogP contribution in [0.15, 0.2) is 30.7 Å². The lowest BCUT2D eigenvalue weighted by atomic mass is 10.1. The number of amides is 1. The third-order valence-electron chi connectivity index (χ3n) is 2.01. The molecule has 2 aromatic heterocycles. The number of aryl methyl sites for hydroxylation is 1. The predicted octanol–water partition coefficient (Wildman–Crippen LogP) is 1.50. The number of hydrogen-bond acceptors (Lipinski definition) is 5. The molecule has 0 aliphatic carbocycles. The highest BCUT2D eigenvalue weighted by Crippen LogP contribution is 2.10. The van der Waals surface area contributed by atoms with Gasteiger partial charge in [-0.3, -0.25) is 9.78 Å². The number of aromatic nitrogens is 3. The van der Waals surface area contributed by atoms with Crippen molar-refractivity contribution in [3.05, 3.63) is 36.3 Å². The SMILES string of the molecule is O=C(CCc1ccncc1)Nc1cnns1. The normalized spacial score (nSPS) is 10.0. The van der Waals surface area contributed by atoms with Gasteiger partial charge >= 0.3 is 0 Å². The van der Waals surface area contributed by atoms with E-state index in [2.05, 4.69) is 19.9 Å². The second kappa shape index (κ2) is 5.32. The monoisotopic (exact) mass is 234 g/mol. The molecule has 82 valence electrons. The molecule has 0 unspecified atom stereocenters. The van der Waals surface area contributed by atoms with E-state index in [0.29, 0.717) is 17.8 Å². The predicted molar refractivity (Wildman–Crippen MR) is 61.1 cm³/mol. The van der Waals surface area contributed by atoms with Crippen molar-refractivity contribution in [2.75, 3.05) is 5.32 Å². The molecule has 0 spiro atoms. The van der Waals surface area contributed by atoms with Gasteiger partial charge in [0.1, 0.15) is 5.00 Å². The first-order valence-electron chi connectivity index (χ1n) is 4.81. The molecule has 1 amide bonds. The summed E-state index contributed by atoms with van der Waals surface area (Å²) in [4.78, 5) is 15.4. The Morgan fingerprint density at radius 2 is 2.19 bits per heavy atom. The molecule has 5 nitrogen and oxygen atoms in total. The summed E-state index contributed by atoms with van der Waals surface area (Å²) in [6.45, 7) is 0. The van der Waals surface area contributed by atoms with Crippen LogP contribution in [0, 0.1) is 0 Å². The van der Waals surface area contributed by atoms with E-state index in [0.717, 1.165) is 5.56 Å². The smallest absolute Gasteiger partial charge is 0.225 e. The first-order valence-corrected chi connectivity index (χ1v) is 5.58. The Hall–Kier alpha value is -1.82. The minimum absolute atomic E-state index is 0.0251. The van der Waals surface area contributed by atoms with E-state index in [4.69, 9.17) is 0 Å². The highest BCUT2D eigenvalue weighted by Gasteiger charge is 2.04. The lowest BCUT2D eigenvalue weighted by Crippen LogP contribution is -2.11. The highest BCUT2D eigenvalue weighted by molar-refractivity contribution is 7.10. The van der Waals surface area contributed by atoms with Gasteiger partial charge in [-0.15, -0.1) is 5.10 Å². The lowest BCUT2D eigenvalue weighted by Gasteiger charge is -2.01. The van der Waals surface area contributed by atoms with Crippen molar-refractivity contribution in [1.82, 2.24) is 14.6 Å². The first kappa shape index (κ1) is 10.7. The van der Waals surface area contributed by atoms with Crippen molar-refractivity contribution in [3.63, 3.8) is 0 Å². The second-order valence-electron chi connectivity index (χ2n) is 3.19. The van der Waals surface area contributed by atoms with Gasteiger partial charge in [-0.25, -0.2) is 0 Å². The number of nitrogens with zero attached hydrogens (tertiary/aromatic N) is 3. The van der Waals surface area contributed by atoms with Crippen LogP contribution < -0.4 is 5.32 Å². The van der Waals surface area contributed by atoms with E-state index in [-0.39, 0.29) is 5.91 Å². The minimum Gasteiger partial charge on any atom is -0.315 e. The Morgan fingerprint density at radius 3 is 2.88 bits per heavy atom. The van der Waals surface area contributed by atoms with Gasteiger partial charge in [0.25, 0.3) is 0 Å². The van der Waals surface area contributed by atoms with Gasteiger partial charge in [-0.05, 0) is 24.1 Å². The molecule has 16 heavy (non-hydrogen) atoms. The summed E-state index contributed by atoms with van der Waals surface area (Å²) in [7, 11) is 0. The van der Waals surface area contributed by atoms with Crippen LogP contribution >= 0.6 is 11.5 Å². The number of pyridine rings is 1. The summed E-state index contributed by atoms with van der Waals surface area (Å²) >= 11 is 1.17. The summed E-state index contributed by atoms with van der Waals surface area (Å²) in [6.07, 6.45) is 6.14. The third-order valence-corrected chi connectivity index (χ3v) is 2.59. The molecule has 2 aromatic rings. The topological polar surface area (TPSA) is 67.8 Å². The average molecular weight is 234 g/mol. The average Bonchev–Trinajstić information content (AvgIpc) is 2.81. The van der Waals surface area contributed by atoms with Gasteiger partial charge in [0.2, 0.25) is 5.91 Å². The number of nitrogens with one attached hydrogen (secondary N) is 1. The maximum Gasteiger partial charge on any atom is 0.225 e. The summed E-state index contributed by atoms with van der Waals surface area (Å²) in [6, 6.07) is 3.81. The lowest BCUT2D eigenvalue weighted by molar-refractivity contribution is -0.116.